The average molecular weight is 517 g/mol. The van der Waals surface area contributed by atoms with E-state index in [1.807, 2.05) is 18.2 Å². The summed E-state index contributed by atoms with van der Waals surface area (Å²) in [6, 6.07) is 10.4. The summed E-state index contributed by atoms with van der Waals surface area (Å²) in [7, 11) is -3.56. The van der Waals surface area contributed by atoms with Crippen LogP contribution in [0.15, 0.2) is 36.4 Å². The number of carbonyl (C=O) groups excluding carboxylic acids is 1. The summed E-state index contributed by atoms with van der Waals surface area (Å²) in [6.45, 7) is 2.65. The second kappa shape index (κ2) is 10.8. The first-order chi connectivity index (χ1) is 17.1. The molecule has 3 aromatic rings. The number of H-pyrrole nitrogens is 1. The van der Waals surface area contributed by atoms with E-state index in [2.05, 4.69) is 20.3 Å². The minimum absolute atomic E-state index is 0.00289. The van der Waals surface area contributed by atoms with Crippen LogP contribution in [0.3, 0.4) is 0 Å². The Labute approximate surface area is 210 Å². The van der Waals surface area contributed by atoms with Crippen molar-refractivity contribution in [1.29, 1.82) is 0 Å². The minimum atomic E-state index is -3.56. The lowest BCUT2D eigenvalue weighted by Crippen LogP contribution is -2.37. The van der Waals surface area contributed by atoms with E-state index in [0.717, 1.165) is 42.2 Å². The normalized spacial score (nSPS) is 16.4. The lowest BCUT2D eigenvalue weighted by atomic mass is 9.91. The third kappa shape index (κ3) is 6.48. The fourth-order valence-corrected chi connectivity index (χ4v) is 5.11. The van der Waals surface area contributed by atoms with Crippen molar-refractivity contribution in [3.05, 3.63) is 53.2 Å². The molecule has 0 fully saturated rings. The zero-order chi connectivity index (χ0) is 25.9. The molecule has 2 aromatic carbocycles. The Balaban J connectivity index is 1.27. The number of phenols is 1. The summed E-state index contributed by atoms with van der Waals surface area (Å²) in [4.78, 5) is 14.9. The van der Waals surface area contributed by atoms with E-state index >= 15 is 0 Å². The fraction of sp³-hybridized carbons (Fsp3) is 0.400. The standard InChI is InChI=1S/C25H32N4O6S/c1-15(30)27-17-4-7-21-20(12-17)19-6-5-18(13-22(19)28-21)35-10-9-26-14-25(32)16-3-8-24(31)23(11-16)29-36(2,33)34/h3,5-6,8,11,13,17,25-26,28-29,31-32H,4,7,9-10,12,14H2,1-2H3,(H,27,30). The molecule has 10 nitrogen and oxygen atoms in total. The maximum Gasteiger partial charge on any atom is 0.229 e. The molecule has 2 unspecified atom stereocenters. The van der Waals surface area contributed by atoms with Gasteiger partial charge in [0, 0.05) is 48.7 Å². The summed E-state index contributed by atoms with van der Waals surface area (Å²) < 4.78 is 31.0. The number of carbonyl (C=O) groups is 1. The highest BCUT2D eigenvalue weighted by atomic mass is 32.2. The van der Waals surface area contributed by atoms with Gasteiger partial charge < -0.3 is 30.6 Å². The van der Waals surface area contributed by atoms with Crippen molar-refractivity contribution in [2.75, 3.05) is 30.7 Å². The number of aromatic amines is 1. The number of hydrogen-bond acceptors (Lipinski definition) is 7. The second-order valence-electron chi connectivity index (χ2n) is 9.15. The van der Waals surface area contributed by atoms with Gasteiger partial charge in [0.2, 0.25) is 15.9 Å². The Hall–Kier alpha value is -3.28. The molecule has 0 saturated carbocycles. The van der Waals surface area contributed by atoms with Gasteiger partial charge in [-0.1, -0.05) is 6.07 Å². The van der Waals surface area contributed by atoms with Gasteiger partial charge in [-0.05, 0) is 54.7 Å². The smallest absolute Gasteiger partial charge is 0.229 e. The topological polar surface area (TPSA) is 153 Å². The number of fused-ring (bicyclic) bond motifs is 3. The predicted octanol–water partition coefficient (Wildman–Crippen LogP) is 1.94. The van der Waals surface area contributed by atoms with Crippen LogP contribution in [0.25, 0.3) is 10.9 Å². The largest absolute Gasteiger partial charge is 0.506 e. The number of aromatic hydroxyl groups is 1. The second-order valence-corrected chi connectivity index (χ2v) is 10.9. The molecule has 194 valence electrons. The van der Waals surface area contributed by atoms with Gasteiger partial charge in [-0.15, -0.1) is 0 Å². The number of aliphatic hydroxyl groups excluding tert-OH is 1. The molecule has 0 spiro atoms. The van der Waals surface area contributed by atoms with Gasteiger partial charge in [0.25, 0.3) is 0 Å². The van der Waals surface area contributed by atoms with Crippen molar-refractivity contribution < 1.29 is 28.2 Å². The maximum absolute atomic E-state index is 11.4. The third-order valence-electron chi connectivity index (χ3n) is 6.15. The zero-order valence-electron chi connectivity index (χ0n) is 20.3. The number of aromatic nitrogens is 1. The molecular weight excluding hydrogens is 484 g/mol. The van der Waals surface area contributed by atoms with Crippen LogP contribution in [-0.2, 0) is 27.7 Å². The summed E-state index contributed by atoms with van der Waals surface area (Å²) in [5.41, 5.74) is 3.96. The first kappa shape index (κ1) is 25.8. The number of anilines is 1. The molecule has 0 aliphatic heterocycles. The zero-order valence-corrected chi connectivity index (χ0v) is 21.1. The van der Waals surface area contributed by atoms with Crippen molar-refractivity contribution in [1.82, 2.24) is 15.6 Å². The van der Waals surface area contributed by atoms with Crippen LogP contribution in [0.4, 0.5) is 5.69 Å². The van der Waals surface area contributed by atoms with Crippen molar-refractivity contribution in [3.8, 4) is 11.5 Å². The lowest BCUT2D eigenvalue weighted by Gasteiger charge is -2.23. The number of aliphatic hydroxyl groups is 1. The highest BCUT2D eigenvalue weighted by Gasteiger charge is 2.23. The van der Waals surface area contributed by atoms with E-state index in [0.29, 0.717) is 18.7 Å². The summed E-state index contributed by atoms with van der Waals surface area (Å²) in [5, 5.41) is 27.5. The van der Waals surface area contributed by atoms with Gasteiger partial charge in [0.15, 0.2) is 0 Å². The Bertz CT molecular complexity index is 1350. The van der Waals surface area contributed by atoms with Crippen LogP contribution in [-0.4, -0.2) is 61.5 Å². The van der Waals surface area contributed by atoms with E-state index in [1.54, 1.807) is 6.92 Å². The lowest BCUT2D eigenvalue weighted by molar-refractivity contribution is -0.119. The van der Waals surface area contributed by atoms with E-state index in [-0.39, 0.29) is 29.9 Å². The molecule has 2 atom stereocenters. The average Bonchev–Trinajstić information content (AvgIpc) is 3.16. The van der Waals surface area contributed by atoms with Crippen molar-refractivity contribution in [2.24, 2.45) is 0 Å². The molecule has 6 N–H and O–H groups in total. The molecule has 1 amide bonds. The number of aryl methyl sites for hydroxylation is 1. The first-order valence-electron chi connectivity index (χ1n) is 11.8. The summed E-state index contributed by atoms with van der Waals surface area (Å²) in [6.07, 6.45) is 2.72. The number of amides is 1. The number of nitrogens with one attached hydrogen (secondary N) is 4. The van der Waals surface area contributed by atoms with Crippen molar-refractivity contribution >= 4 is 32.5 Å². The Morgan fingerprint density at radius 1 is 1.25 bits per heavy atom. The number of rotatable bonds is 10. The highest BCUT2D eigenvalue weighted by Crippen LogP contribution is 2.31. The number of ether oxygens (including phenoxy) is 1. The van der Waals surface area contributed by atoms with Gasteiger partial charge in [0.05, 0.1) is 18.0 Å². The van der Waals surface area contributed by atoms with Crippen LogP contribution in [0.1, 0.15) is 36.3 Å². The van der Waals surface area contributed by atoms with Gasteiger partial charge in [-0.2, -0.15) is 0 Å². The molecule has 0 radical (unpaired) electrons. The Kier molecular flexibility index (Phi) is 7.72. The highest BCUT2D eigenvalue weighted by molar-refractivity contribution is 7.92. The van der Waals surface area contributed by atoms with Gasteiger partial charge in [-0.3, -0.25) is 9.52 Å². The predicted molar refractivity (Wildman–Crippen MR) is 138 cm³/mol. The quantitative estimate of drug-likeness (QED) is 0.178. The molecule has 36 heavy (non-hydrogen) atoms. The van der Waals surface area contributed by atoms with Crippen molar-refractivity contribution in [2.45, 2.75) is 38.3 Å². The molecule has 11 heteroatoms. The molecule has 0 saturated heterocycles. The van der Waals surface area contributed by atoms with Crippen LogP contribution in [0, 0.1) is 0 Å². The molecule has 0 bridgehead atoms. The summed E-state index contributed by atoms with van der Waals surface area (Å²) in [5.74, 6) is 0.513. The van der Waals surface area contributed by atoms with E-state index in [4.69, 9.17) is 4.74 Å². The molecule has 1 heterocycles. The summed E-state index contributed by atoms with van der Waals surface area (Å²) >= 11 is 0. The minimum Gasteiger partial charge on any atom is -0.506 e. The van der Waals surface area contributed by atoms with Crippen LogP contribution < -0.4 is 20.1 Å². The van der Waals surface area contributed by atoms with E-state index in [1.165, 1.54) is 29.5 Å². The van der Waals surface area contributed by atoms with Gasteiger partial charge >= 0.3 is 0 Å². The maximum atomic E-state index is 11.4. The van der Waals surface area contributed by atoms with Crippen LogP contribution in [0.2, 0.25) is 0 Å². The number of hydrogen-bond donors (Lipinski definition) is 6. The molecule has 1 aliphatic rings. The third-order valence-corrected chi connectivity index (χ3v) is 6.74. The first-order valence-corrected chi connectivity index (χ1v) is 13.7. The van der Waals surface area contributed by atoms with E-state index < -0.39 is 16.1 Å². The molecular formula is C25H32N4O6S. The SMILES string of the molecule is CC(=O)NC1CCc2[nH]c3cc(OCCNCC(O)c4ccc(O)c(NS(C)(=O)=O)c4)ccc3c2C1. The van der Waals surface area contributed by atoms with Crippen molar-refractivity contribution in [3.63, 3.8) is 0 Å². The van der Waals surface area contributed by atoms with Gasteiger partial charge in [-0.25, -0.2) is 8.42 Å². The van der Waals surface area contributed by atoms with E-state index in [9.17, 15) is 23.4 Å². The molecule has 1 aliphatic carbocycles. The molecule has 1 aromatic heterocycles. The number of phenolic OH excluding ortho intramolecular Hbond substituents is 1. The van der Waals surface area contributed by atoms with Crippen LogP contribution >= 0.6 is 0 Å². The number of benzene rings is 2. The monoisotopic (exact) mass is 516 g/mol. The number of sulfonamides is 1. The van der Waals surface area contributed by atoms with Gasteiger partial charge in [0.1, 0.15) is 18.1 Å². The fourth-order valence-electron chi connectivity index (χ4n) is 4.54. The van der Waals surface area contributed by atoms with Crippen LogP contribution in [0.5, 0.6) is 11.5 Å². The molecule has 4 rings (SSSR count). The Morgan fingerprint density at radius 2 is 2.06 bits per heavy atom. The Morgan fingerprint density at radius 3 is 2.81 bits per heavy atom.